The molecule has 1 heterocycles. The molecule has 0 aliphatic carbocycles. The van der Waals surface area contributed by atoms with Crippen molar-refractivity contribution >= 4 is 11.4 Å². The van der Waals surface area contributed by atoms with Gasteiger partial charge in [0.1, 0.15) is 5.82 Å². The Morgan fingerprint density at radius 1 is 1.53 bits per heavy atom. The molecule has 1 atom stereocenters. The highest BCUT2D eigenvalue weighted by atomic mass is 19.1. The van der Waals surface area contributed by atoms with Gasteiger partial charge in [0, 0.05) is 30.9 Å². The van der Waals surface area contributed by atoms with Crippen molar-refractivity contribution in [3.63, 3.8) is 0 Å². The van der Waals surface area contributed by atoms with Gasteiger partial charge in [-0.1, -0.05) is 6.92 Å². The molecule has 6 heteroatoms. The summed E-state index contributed by atoms with van der Waals surface area (Å²) < 4.78 is 13.5. The van der Waals surface area contributed by atoms with Crippen LogP contribution in [-0.4, -0.2) is 30.6 Å². The lowest BCUT2D eigenvalue weighted by Gasteiger charge is -2.30. The van der Waals surface area contributed by atoms with Crippen LogP contribution in [0, 0.1) is 15.9 Å². The molecular weight excluding hydrogens is 249 g/mol. The summed E-state index contributed by atoms with van der Waals surface area (Å²) in [4.78, 5) is 12.3. The zero-order valence-corrected chi connectivity index (χ0v) is 10.9. The average Bonchev–Trinajstić information content (AvgIpc) is 2.88. The van der Waals surface area contributed by atoms with Crippen LogP contribution in [0.2, 0.25) is 0 Å². The van der Waals surface area contributed by atoms with Gasteiger partial charge < -0.3 is 10.2 Å². The topological polar surface area (TPSA) is 58.4 Å². The molecule has 1 saturated heterocycles. The van der Waals surface area contributed by atoms with Crippen LogP contribution in [-0.2, 0) is 0 Å². The van der Waals surface area contributed by atoms with Crippen LogP contribution in [0.25, 0.3) is 0 Å². The van der Waals surface area contributed by atoms with E-state index in [0.29, 0.717) is 5.69 Å². The summed E-state index contributed by atoms with van der Waals surface area (Å²) >= 11 is 0. The van der Waals surface area contributed by atoms with Crippen molar-refractivity contribution in [2.75, 3.05) is 24.5 Å². The fourth-order valence-corrected chi connectivity index (χ4v) is 2.50. The van der Waals surface area contributed by atoms with Crippen molar-refractivity contribution in [1.29, 1.82) is 0 Å². The number of halogens is 1. The number of nitro groups is 1. The van der Waals surface area contributed by atoms with Gasteiger partial charge in [-0.2, -0.15) is 0 Å². The highest BCUT2D eigenvalue weighted by molar-refractivity contribution is 5.54. The Hall–Kier alpha value is -1.69. The molecule has 0 radical (unpaired) electrons. The maximum absolute atomic E-state index is 13.5. The summed E-state index contributed by atoms with van der Waals surface area (Å²) in [5.41, 5.74) is 0.407. The third kappa shape index (κ3) is 3.20. The maximum atomic E-state index is 13.5. The predicted molar refractivity (Wildman–Crippen MR) is 72.0 cm³/mol. The quantitative estimate of drug-likeness (QED) is 0.657. The number of nitro benzene ring substituents is 1. The van der Waals surface area contributed by atoms with Gasteiger partial charge >= 0.3 is 0 Å². The molecule has 1 aliphatic heterocycles. The van der Waals surface area contributed by atoms with Crippen LogP contribution in [0.3, 0.4) is 0 Å². The minimum atomic E-state index is -0.559. The molecule has 5 nitrogen and oxygen atoms in total. The number of nitrogens with one attached hydrogen (secondary N) is 1. The largest absolute Gasteiger partial charge is 0.367 e. The van der Waals surface area contributed by atoms with E-state index in [1.165, 1.54) is 12.1 Å². The van der Waals surface area contributed by atoms with Gasteiger partial charge in [-0.05, 0) is 25.5 Å². The summed E-state index contributed by atoms with van der Waals surface area (Å²) in [6, 6.07) is 4.07. The van der Waals surface area contributed by atoms with Crippen LogP contribution in [0.4, 0.5) is 15.8 Å². The Balaban J connectivity index is 2.32. The van der Waals surface area contributed by atoms with E-state index < -0.39 is 10.7 Å². The summed E-state index contributed by atoms with van der Waals surface area (Å²) in [5, 5.41) is 14.1. The Labute approximate surface area is 111 Å². The van der Waals surface area contributed by atoms with Crippen LogP contribution in [0.5, 0.6) is 0 Å². The number of benzene rings is 1. The number of nitrogens with zero attached hydrogens (tertiary/aromatic N) is 2. The lowest BCUT2D eigenvalue weighted by molar-refractivity contribution is -0.385. The van der Waals surface area contributed by atoms with Crippen molar-refractivity contribution in [3.05, 3.63) is 34.1 Å². The molecule has 1 N–H and O–H groups in total. The zero-order valence-electron chi connectivity index (χ0n) is 10.9. The van der Waals surface area contributed by atoms with Crippen molar-refractivity contribution in [3.8, 4) is 0 Å². The number of rotatable bonds is 5. The zero-order chi connectivity index (χ0) is 13.8. The first-order valence-electron chi connectivity index (χ1n) is 6.54. The van der Waals surface area contributed by atoms with Crippen LogP contribution >= 0.6 is 0 Å². The second-order valence-electron chi connectivity index (χ2n) is 4.76. The van der Waals surface area contributed by atoms with E-state index in [1.807, 2.05) is 6.92 Å². The normalized spacial score (nSPS) is 18.5. The third-order valence-corrected chi connectivity index (χ3v) is 3.35. The summed E-state index contributed by atoms with van der Waals surface area (Å²) in [6.07, 6.45) is 1.89. The molecule has 1 fully saturated rings. The molecule has 1 aromatic rings. The standard InChI is InChI=1S/C13H18FN3O2/c1-2-5-16(11-3-4-15-9-11)12-6-10(14)7-13(8-12)17(18)19/h6-8,11,15H,2-5,9H2,1H3. The first-order valence-corrected chi connectivity index (χ1v) is 6.54. The fourth-order valence-electron chi connectivity index (χ4n) is 2.50. The van der Waals surface area contributed by atoms with Crippen LogP contribution < -0.4 is 10.2 Å². The van der Waals surface area contributed by atoms with Gasteiger partial charge in [0.15, 0.2) is 0 Å². The Morgan fingerprint density at radius 2 is 2.32 bits per heavy atom. The number of anilines is 1. The molecule has 2 rings (SSSR count). The third-order valence-electron chi connectivity index (χ3n) is 3.35. The Kier molecular flexibility index (Phi) is 4.31. The highest BCUT2D eigenvalue weighted by Crippen LogP contribution is 2.26. The van der Waals surface area contributed by atoms with Crippen LogP contribution in [0.15, 0.2) is 18.2 Å². The molecule has 1 unspecified atom stereocenters. The minimum Gasteiger partial charge on any atom is -0.367 e. The molecule has 104 valence electrons. The minimum absolute atomic E-state index is 0.193. The molecule has 0 saturated carbocycles. The van der Waals surface area contributed by atoms with Crippen molar-refractivity contribution in [2.24, 2.45) is 0 Å². The molecule has 0 bridgehead atoms. The van der Waals surface area contributed by atoms with E-state index in [9.17, 15) is 14.5 Å². The summed E-state index contributed by atoms with van der Waals surface area (Å²) in [5.74, 6) is -0.559. The lowest BCUT2D eigenvalue weighted by Crippen LogP contribution is -2.37. The van der Waals surface area contributed by atoms with E-state index in [0.717, 1.165) is 38.5 Å². The molecule has 1 aliphatic rings. The molecule has 0 amide bonds. The van der Waals surface area contributed by atoms with Crippen molar-refractivity contribution < 1.29 is 9.31 Å². The van der Waals surface area contributed by atoms with E-state index in [4.69, 9.17) is 0 Å². The maximum Gasteiger partial charge on any atom is 0.274 e. The Bertz CT molecular complexity index is 461. The van der Waals surface area contributed by atoms with Gasteiger partial charge in [-0.3, -0.25) is 10.1 Å². The smallest absolute Gasteiger partial charge is 0.274 e. The highest BCUT2D eigenvalue weighted by Gasteiger charge is 2.24. The fraction of sp³-hybridized carbons (Fsp3) is 0.538. The van der Waals surface area contributed by atoms with E-state index in [-0.39, 0.29) is 11.7 Å². The second kappa shape index (κ2) is 5.97. The predicted octanol–water partition coefficient (Wildman–Crippen LogP) is 2.31. The summed E-state index contributed by atoms with van der Waals surface area (Å²) in [7, 11) is 0. The molecule has 19 heavy (non-hydrogen) atoms. The van der Waals surface area contributed by atoms with Gasteiger partial charge in [0.2, 0.25) is 0 Å². The van der Waals surface area contributed by atoms with Crippen LogP contribution in [0.1, 0.15) is 19.8 Å². The van der Waals surface area contributed by atoms with Gasteiger partial charge in [0.05, 0.1) is 11.0 Å². The SMILES string of the molecule is CCCN(c1cc(F)cc([N+](=O)[O-])c1)C1CCNC1. The second-order valence-corrected chi connectivity index (χ2v) is 4.76. The monoisotopic (exact) mass is 267 g/mol. The first-order chi connectivity index (χ1) is 9.11. The van der Waals surface area contributed by atoms with Crippen molar-refractivity contribution in [2.45, 2.75) is 25.8 Å². The van der Waals surface area contributed by atoms with Gasteiger partial charge in [0.25, 0.3) is 5.69 Å². The number of hydrogen-bond donors (Lipinski definition) is 1. The molecule has 0 aromatic heterocycles. The average molecular weight is 267 g/mol. The van der Waals surface area contributed by atoms with E-state index >= 15 is 0 Å². The lowest BCUT2D eigenvalue weighted by atomic mass is 10.1. The van der Waals surface area contributed by atoms with E-state index in [1.54, 1.807) is 0 Å². The summed E-state index contributed by atoms with van der Waals surface area (Å²) in [6.45, 7) is 4.59. The molecule has 1 aromatic carbocycles. The van der Waals surface area contributed by atoms with Gasteiger partial charge in [-0.15, -0.1) is 0 Å². The number of hydrogen-bond acceptors (Lipinski definition) is 4. The first kappa shape index (κ1) is 13.7. The molecule has 0 spiro atoms. The van der Waals surface area contributed by atoms with E-state index in [2.05, 4.69) is 10.2 Å². The number of non-ortho nitro benzene ring substituents is 1. The molecular formula is C13H18FN3O2. The Morgan fingerprint density at radius 3 is 2.89 bits per heavy atom. The van der Waals surface area contributed by atoms with Crippen molar-refractivity contribution in [1.82, 2.24) is 5.32 Å². The van der Waals surface area contributed by atoms with Gasteiger partial charge in [-0.25, -0.2) is 4.39 Å².